The van der Waals surface area contributed by atoms with E-state index in [9.17, 15) is 4.79 Å². The molecule has 4 rings (SSSR count). The molecule has 0 bridgehead atoms. The zero-order valence-corrected chi connectivity index (χ0v) is 13.7. The smallest absolute Gasteiger partial charge is 0.156 e. The van der Waals surface area contributed by atoms with E-state index in [0.717, 1.165) is 36.5 Å². The Morgan fingerprint density at radius 1 is 1.10 bits per heavy atom. The van der Waals surface area contributed by atoms with Gasteiger partial charge in [-0.3, -0.25) is 4.79 Å². The fraction of sp³-hybridized carbons (Fsp3) is 0.750. The molecule has 2 saturated carbocycles. The molecule has 4 aliphatic rings. The van der Waals surface area contributed by atoms with Gasteiger partial charge in [0.1, 0.15) is 0 Å². The van der Waals surface area contributed by atoms with Crippen LogP contribution in [0.4, 0.5) is 0 Å². The molecule has 1 nitrogen and oxygen atoms in total. The van der Waals surface area contributed by atoms with E-state index in [2.05, 4.69) is 32.9 Å². The van der Waals surface area contributed by atoms with Crippen molar-refractivity contribution in [2.45, 2.75) is 59.3 Å². The molecule has 0 spiro atoms. The first-order valence-electron chi connectivity index (χ1n) is 8.88. The lowest BCUT2D eigenvalue weighted by Gasteiger charge is -2.55. The second-order valence-electron chi connectivity index (χ2n) is 8.66. The molecule has 0 saturated heterocycles. The van der Waals surface area contributed by atoms with E-state index in [0.29, 0.717) is 11.2 Å². The highest BCUT2D eigenvalue weighted by Gasteiger charge is 2.56. The topological polar surface area (TPSA) is 17.1 Å². The van der Waals surface area contributed by atoms with Crippen LogP contribution in [0.25, 0.3) is 0 Å². The molecular formula is C20H28O. The molecule has 6 atom stereocenters. The van der Waals surface area contributed by atoms with Crippen LogP contribution in [0.5, 0.6) is 0 Å². The van der Waals surface area contributed by atoms with Crippen LogP contribution < -0.4 is 0 Å². The van der Waals surface area contributed by atoms with Gasteiger partial charge in [0.05, 0.1) is 0 Å². The van der Waals surface area contributed by atoms with Gasteiger partial charge in [-0.15, -0.1) is 0 Å². The first-order valence-corrected chi connectivity index (χ1v) is 8.88. The minimum atomic E-state index is 0.264. The molecule has 0 amide bonds. The number of allylic oxidation sites excluding steroid dienone is 4. The summed E-state index contributed by atoms with van der Waals surface area (Å²) in [6, 6.07) is 0. The Hall–Kier alpha value is -0.850. The Bertz CT molecular complexity index is 542. The van der Waals surface area contributed by atoms with Crippen molar-refractivity contribution < 1.29 is 4.79 Å². The van der Waals surface area contributed by atoms with Gasteiger partial charge in [0.25, 0.3) is 0 Å². The van der Waals surface area contributed by atoms with Crippen LogP contribution in [0.3, 0.4) is 0 Å². The summed E-state index contributed by atoms with van der Waals surface area (Å²) in [6.45, 7) is 7.46. The largest absolute Gasteiger partial charge is 0.295 e. The highest BCUT2D eigenvalue weighted by Crippen LogP contribution is 2.64. The van der Waals surface area contributed by atoms with Gasteiger partial charge in [-0.25, -0.2) is 0 Å². The minimum Gasteiger partial charge on any atom is -0.295 e. The van der Waals surface area contributed by atoms with E-state index in [-0.39, 0.29) is 5.41 Å². The number of carbonyl (C=O) groups is 1. The third-order valence-electron chi connectivity index (χ3n) is 7.99. The van der Waals surface area contributed by atoms with Gasteiger partial charge in [-0.05, 0) is 78.3 Å². The zero-order chi connectivity index (χ0) is 14.8. The van der Waals surface area contributed by atoms with Crippen molar-refractivity contribution in [2.24, 2.45) is 34.5 Å². The lowest BCUT2D eigenvalue weighted by Crippen LogP contribution is -2.48. The van der Waals surface area contributed by atoms with E-state index >= 15 is 0 Å². The average molecular weight is 284 g/mol. The fourth-order valence-corrected chi connectivity index (χ4v) is 6.26. The third kappa shape index (κ3) is 1.72. The Morgan fingerprint density at radius 3 is 2.71 bits per heavy atom. The second-order valence-corrected chi connectivity index (χ2v) is 8.66. The van der Waals surface area contributed by atoms with Crippen molar-refractivity contribution in [3.8, 4) is 0 Å². The molecular weight excluding hydrogens is 256 g/mol. The number of carbonyl (C=O) groups excluding carboxylic acids is 1. The number of rotatable bonds is 0. The first kappa shape index (κ1) is 13.8. The highest BCUT2D eigenvalue weighted by atomic mass is 16.1. The van der Waals surface area contributed by atoms with Crippen LogP contribution in [-0.2, 0) is 4.79 Å². The number of hydrogen-bond acceptors (Lipinski definition) is 1. The molecule has 0 aromatic rings. The zero-order valence-electron chi connectivity index (χ0n) is 13.7. The summed E-state index contributed by atoms with van der Waals surface area (Å²) in [5, 5.41) is 0. The summed E-state index contributed by atoms with van der Waals surface area (Å²) in [6.07, 6.45) is 14.1. The standard InChI is InChI=1S/C20H28O/c1-13-4-7-17-16-6-5-14-12-15(21)8-10-20(14,3)18(16)9-11-19(13,17)2/h5-6,12-13,16-18H,4,7-11H2,1-3H3/t13?,16?,17?,18?,19-,20+/m1/s1. The summed E-state index contributed by atoms with van der Waals surface area (Å²) in [5.41, 5.74) is 2.16. The summed E-state index contributed by atoms with van der Waals surface area (Å²) >= 11 is 0. The van der Waals surface area contributed by atoms with E-state index in [1.165, 1.54) is 31.3 Å². The van der Waals surface area contributed by atoms with Crippen molar-refractivity contribution >= 4 is 5.78 Å². The Labute approximate surface area is 128 Å². The maximum Gasteiger partial charge on any atom is 0.156 e. The number of ketones is 1. The lowest BCUT2D eigenvalue weighted by atomic mass is 9.49. The second kappa shape index (κ2) is 4.33. The maximum absolute atomic E-state index is 11.8. The predicted octanol–water partition coefficient (Wildman–Crippen LogP) is 4.93. The molecule has 4 aliphatic carbocycles. The van der Waals surface area contributed by atoms with Gasteiger partial charge >= 0.3 is 0 Å². The summed E-state index contributed by atoms with van der Waals surface area (Å²) < 4.78 is 0. The summed E-state index contributed by atoms with van der Waals surface area (Å²) in [7, 11) is 0. The van der Waals surface area contributed by atoms with Crippen LogP contribution in [-0.4, -0.2) is 5.78 Å². The lowest BCUT2D eigenvalue weighted by molar-refractivity contribution is -0.116. The van der Waals surface area contributed by atoms with Gasteiger partial charge < -0.3 is 0 Å². The highest BCUT2D eigenvalue weighted by molar-refractivity contribution is 5.92. The molecule has 0 aromatic heterocycles. The first-order chi connectivity index (χ1) is 9.95. The third-order valence-corrected chi connectivity index (χ3v) is 7.99. The van der Waals surface area contributed by atoms with Crippen LogP contribution >= 0.6 is 0 Å². The number of fused-ring (bicyclic) bond motifs is 5. The summed E-state index contributed by atoms with van der Waals surface area (Å²) in [5.74, 6) is 3.61. The molecule has 0 radical (unpaired) electrons. The molecule has 0 aromatic carbocycles. The Balaban J connectivity index is 1.75. The molecule has 114 valence electrons. The van der Waals surface area contributed by atoms with Crippen molar-refractivity contribution in [3.05, 3.63) is 23.8 Å². The molecule has 0 aliphatic heterocycles. The molecule has 4 unspecified atom stereocenters. The van der Waals surface area contributed by atoms with E-state index in [1.807, 2.05) is 6.08 Å². The van der Waals surface area contributed by atoms with Crippen molar-refractivity contribution in [1.82, 2.24) is 0 Å². The van der Waals surface area contributed by atoms with Gasteiger partial charge in [0, 0.05) is 6.42 Å². The van der Waals surface area contributed by atoms with E-state index < -0.39 is 0 Å². The van der Waals surface area contributed by atoms with Gasteiger partial charge in [0.15, 0.2) is 5.78 Å². The van der Waals surface area contributed by atoms with Crippen LogP contribution in [0.1, 0.15) is 59.3 Å². The minimum absolute atomic E-state index is 0.264. The fourth-order valence-electron chi connectivity index (χ4n) is 6.26. The van der Waals surface area contributed by atoms with Crippen LogP contribution in [0.15, 0.2) is 23.8 Å². The number of hydrogen-bond donors (Lipinski definition) is 0. The van der Waals surface area contributed by atoms with Gasteiger partial charge in [-0.2, -0.15) is 0 Å². The van der Waals surface area contributed by atoms with Crippen molar-refractivity contribution in [1.29, 1.82) is 0 Å². The Morgan fingerprint density at radius 2 is 1.90 bits per heavy atom. The molecule has 21 heavy (non-hydrogen) atoms. The average Bonchev–Trinajstić information content (AvgIpc) is 2.76. The quantitative estimate of drug-likeness (QED) is 0.616. The Kier molecular flexibility index (Phi) is 2.85. The van der Waals surface area contributed by atoms with E-state index in [4.69, 9.17) is 0 Å². The molecule has 2 fully saturated rings. The van der Waals surface area contributed by atoms with Crippen molar-refractivity contribution in [2.75, 3.05) is 0 Å². The molecule has 1 heteroatoms. The molecule has 0 heterocycles. The predicted molar refractivity (Wildman–Crippen MR) is 85.8 cm³/mol. The van der Waals surface area contributed by atoms with Crippen molar-refractivity contribution in [3.63, 3.8) is 0 Å². The van der Waals surface area contributed by atoms with Crippen LogP contribution in [0.2, 0.25) is 0 Å². The maximum atomic E-state index is 11.8. The van der Waals surface area contributed by atoms with Crippen LogP contribution in [0, 0.1) is 34.5 Å². The van der Waals surface area contributed by atoms with Gasteiger partial charge in [-0.1, -0.05) is 32.9 Å². The molecule has 0 N–H and O–H groups in total. The van der Waals surface area contributed by atoms with E-state index in [1.54, 1.807) is 0 Å². The van der Waals surface area contributed by atoms with Gasteiger partial charge in [0.2, 0.25) is 0 Å². The summed E-state index contributed by atoms with van der Waals surface area (Å²) in [4.78, 5) is 11.8. The normalized spacial score (nSPS) is 52.0. The SMILES string of the molecule is CC1CCC2C3C=CC4=CC(=O)CC[C@]4(C)C3CC[C@]12C. The monoisotopic (exact) mass is 284 g/mol.